The zero-order valence-corrected chi connectivity index (χ0v) is 16.1. The molecule has 27 heavy (non-hydrogen) atoms. The van der Waals surface area contributed by atoms with Crippen LogP contribution in [0.25, 0.3) is 11.5 Å². The van der Waals surface area contributed by atoms with E-state index < -0.39 is 16.1 Å². The van der Waals surface area contributed by atoms with Gasteiger partial charge in [0.2, 0.25) is 21.7 Å². The molecule has 0 aliphatic carbocycles. The van der Waals surface area contributed by atoms with Gasteiger partial charge in [0.25, 0.3) is 0 Å². The number of sulfonamides is 1. The first-order valence-corrected chi connectivity index (χ1v) is 10.0. The van der Waals surface area contributed by atoms with Crippen LogP contribution in [0.4, 0.5) is 0 Å². The van der Waals surface area contributed by atoms with Crippen LogP contribution >= 0.6 is 0 Å². The number of aryl methyl sites for hydroxylation is 1. The van der Waals surface area contributed by atoms with Crippen molar-refractivity contribution >= 4 is 10.0 Å². The fraction of sp³-hybridized carbons (Fsp3) is 0.333. The summed E-state index contributed by atoms with van der Waals surface area (Å²) in [7, 11) is -3.73. The van der Waals surface area contributed by atoms with Gasteiger partial charge in [-0.1, -0.05) is 36.7 Å². The Morgan fingerprint density at radius 1 is 1.15 bits per heavy atom. The molecule has 3 rings (SSSR count). The average Bonchev–Trinajstić information content (AvgIpc) is 3.12. The standard InChI is InChI=1S/C18H21N5O3S/c1-12(2)10-15(23-27(24,25)14-6-4-13(3)5-7-14)18-21-17(22-26-18)16-11-19-8-9-20-16/h4-9,11-12,15,23H,10H2,1-3H3. The van der Waals surface area contributed by atoms with E-state index in [1.807, 2.05) is 20.8 Å². The van der Waals surface area contributed by atoms with E-state index in [0.717, 1.165) is 5.56 Å². The molecule has 0 amide bonds. The molecule has 1 atom stereocenters. The third-order valence-corrected chi connectivity index (χ3v) is 5.36. The van der Waals surface area contributed by atoms with Gasteiger partial charge >= 0.3 is 0 Å². The van der Waals surface area contributed by atoms with E-state index in [9.17, 15) is 8.42 Å². The maximum atomic E-state index is 12.8. The van der Waals surface area contributed by atoms with Crippen molar-refractivity contribution in [3.8, 4) is 11.5 Å². The van der Waals surface area contributed by atoms with E-state index in [-0.39, 0.29) is 22.5 Å². The molecule has 0 bridgehead atoms. The lowest BCUT2D eigenvalue weighted by atomic mass is 10.0. The lowest BCUT2D eigenvalue weighted by Crippen LogP contribution is -2.30. The minimum absolute atomic E-state index is 0.190. The number of hydrogen-bond donors (Lipinski definition) is 1. The number of aromatic nitrogens is 4. The van der Waals surface area contributed by atoms with Gasteiger partial charge in [0.1, 0.15) is 11.7 Å². The minimum atomic E-state index is -3.73. The van der Waals surface area contributed by atoms with Gasteiger partial charge in [-0.25, -0.2) is 13.4 Å². The molecule has 2 heterocycles. The second-order valence-electron chi connectivity index (χ2n) is 6.66. The Labute approximate surface area is 158 Å². The van der Waals surface area contributed by atoms with Crippen LogP contribution in [-0.2, 0) is 10.0 Å². The molecule has 1 unspecified atom stereocenters. The summed E-state index contributed by atoms with van der Waals surface area (Å²) in [5, 5.41) is 3.91. The van der Waals surface area contributed by atoms with Crippen molar-refractivity contribution < 1.29 is 12.9 Å². The predicted octanol–water partition coefficient (Wildman–Crippen LogP) is 2.90. The van der Waals surface area contributed by atoms with Crippen LogP contribution in [-0.4, -0.2) is 28.5 Å². The number of hydrogen-bond acceptors (Lipinski definition) is 7. The Bertz CT molecular complexity index is 985. The number of rotatable bonds is 7. The highest BCUT2D eigenvalue weighted by Crippen LogP contribution is 2.24. The molecule has 2 aromatic heterocycles. The molecule has 142 valence electrons. The summed E-state index contributed by atoms with van der Waals surface area (Å²) in [6.45, 7) is 5.89. The van der Waals surface area contributed by atoms with Crippen molar-refractivity contribution in [3.05, 3.63) is 54.3 Å². The summed E-state index contributed by atoms with van der Waals surface area (Å²) in [5.41, 5.74) is 1.44. The van der Waals surface area contributed by atoms with Crippen LogP contribution in [0, 0.1) is 12.8 Å². The third kappa shape index (κ3) is 4.75. The summed E-state index contributed by atoms with van der Waals surface area (Å²) in [6.07, 6.45) is 5.09. The first-order valence-electron chi connectivity index (χ1n) is 8.54. The van der Waals surface area contributed by atoms with E-state index in [1.54, 1.807) is 30.5 Å². The highest BCUT2D eigenvalue weighted by Gasteiger charge is 2.27. The number of benzene rings is 1. The maximum absolute atomic E-state index is 12.8. The normalized spacial score (nSPS) is 13.0. The quantitative estimate of drug-likeness (QED) is 0.663. The van der Waals surface area contributed by atoms with Crippen LogP contribution < -0.4 is 4.72 Å². The van der Waals surface area contributed by atoms with Crippen molar-refractivity contribution in [3.63, 3.8) is 0 Å². The molecule has 9 heteroatoms. The van der Waals surface area contributed by atoms with Crippen molar-refractivity contribution in [2.45, 2.75) is 38.1 Å². The fourth-order valence-electron chi connectivity index (χ4n) is 2.54. The monoisotopic (exact) mass is 387 g/mol. The van der Waals surface area contributed by atoms with Gasteiger partial charge in [0.15, 0.2) is 0 Å². The number of nitrogens with one attached hydrogen (secondary N) is 1. The molecule has 3 aromatic rings. The van der Waals surface area contributed by atoms with Crippen LogP contribution in [0.3, 0.4) is 0 Å². The molecule has 0 saturated heterocycles. The van der Waals surface area contributed by atoms with Crippen LogP contribution in [0.2, 0.25) is 0 Å². The molecular formula is C18H21N5O3S. The maximum Gasteiger partial charge on any atom is 0.245 e. The van der Waals surface area contributed by atoms with Crippen molar-refractivity contribution in [2.75, 3.05) is 0 Å². The molecule has 0 radical (unpaired) electrons. The van der Waals surface area contributed by atoms with E-state index >= 15 is 0 Å². The molecule has 0 spiro atoms. The van der Waals surface area contributed by atoms with Gasteiger partial charge in [-0.2, -0.15) is 9.71 Å². The van der Waals surface area contributed by atoms with E-state index in [4.69, 9.17) is 4.52 Å². The first-order chi connectivity index (χ1) is 12.8. The van der Waals surface area contributed by atoms with Crippen molar-refractivity contribution in [1.82, 2.24) is 24.8 Å². The highest BCUT2D eigenvalue weighted by molar-refractivity contribution is 7.89. The first kappa shape index (κ1) is 19.1. The summed E-state index contributed by atoms with van der Waals surface area (Å²) in [6, 6.07) is 6.01. The Kier molecular flexibility index (Phi) is 5.62. The summed E-state index contributed by atoms with van der Waals surface area (Å²) >= 11 is 0. The molecule has 0 saturated carbocycles. The molecule has 8 nitrogen and oxygen atoms in total. The van der Waals surface area contributed by atoms with Crippen LogP contribution in [0.1, 0.15) is 37.8 Å². The Morgan fingerprint density at radius 3 is 2.52 bits per heavy atom. The highest BCUT2D eigenvalue weighted by atomic mass is 32.2. The smallest absolute Gasteiger partial charge is 0.245 e. The van der Waals surface area contributed by atoms with Gasteiger partial charge < -0.3 is 4.52 Å². The van der Waals surface area contributed by atoms with Gasteiger partial charge in [-0.3, -0.25) is 4.98 Å². The van der Waals surface area contributed by atoms with E-state index in [2.05, 4.69) is 24.8 Å². The second kappa shape index (κ2) is 7.93. The summed E-state index contributed by atoms with van der Waals surface area (Å²) < 4.78 is 33.5. The van der Waals surface area contributed by atoms with Gasteiger partial charge in [-0.05, 0) is 31.4 Å². The SMILES string of the molecule is Cc1ccc(S(=O)(=O)NC(CC(C)C)c2nc(-c3cnccn3)no2)cc1. The van der Waals surface area contributed by atoms with E-state index in [0.29, 0.717) is 12.1 Å². The van der Waals surface area contributed by atoms with Crippen molar-refractivity contribution in [2.24, 2.45) is 5.92 Å². The topological polar surface area (TPSA) is 111 Å². The van der Waals surface area contributed by atoms with Crippen LogP contribution in [0.15, 0.2) is 52.3 Å². The van der Waals surface area contributed by atoms with Gasteiger partial charge in [0.05, 0.1) is 11.1 Å². The van der Waals surface area contributed by atoms with Crippen molar-refractivity contribution in [1.29, 1.82) is 0 Å². The molecule has 1 N–H and O–H groups in total. The summed E-state index contributed by atoms with van der Waals surface area (Å²) in [5.74, 6) is 0.670. The largest absolute Gasteiger partial charge is 0.337 e. The average molecular weight is 387 g/mol. The Hall–Kier alpha value is -2.65. The third-order valence-electron chi connectivity index (χ3n) is 3.87. The zero-order valence-electron chi connectivity index (χ0n) is 15.3. The molecule has 0 aliphatic heterocycles. The molecule has 0 fully saturated rings. The second-order valence-corrected chi connectivity index (χ2v) is 8.38. The van der Waals surface area contributed by atoms with Gasteiger partial charge in [0, 0.05) is 12.4 Å². The lowest BCUT2D eigenvalue weighted by molar-refractivity contribution is 0.323. The Morgan fingerprint density at radius 2 is 1.89 bits per heavy atom. The van der Waals surface area contributed by atoms with Crippen LogP contribution in [0.5, 0.6) is 0 Å². The van der Waals surface area contributed by atoms with Gasteiger partial charge in [-0.15, -0.1) is 0 Å². The Balaban J connectivity index is 1.88. The van der Waals surface area contributed by atoms with E-state index in [1.165, 1.54) is 12.4 Å². The minimum Gasteiger partial charge on any atom is -0.337 e. The molecule has 0 aliphatic rings. The lowest BCUT2D eigenvalue weighted by Gasteiger charge is -2.17. The molecular weight excluding hydrogens is 366 g/mol. The predicted molar refractivity (Wildman–Crippen MR) is 99.0 cm³/mol. The zero-order chi connectivity index (χ0) is 19.4. The molecule has 1 aromatic carbocycles. The summed E-state index contributed by atoms with van der Waals surface area (Å²) in [4.78, 5) is 12.6. The fourth-order valence-corrected chi connectivity index (χ4v) is 3.74. The number of nitrogens with zero attached hydrogens (tertiary/aromatic N) is 4.